The Balaban J connectivity index is 0.00000441. The molecule has 4 N–H and O–H groups in total. The van der Waals surface area contributed by atoms with Crippen molar-refractivity contribution in [3.05, 3.63) is 0 Å². The van der Waals surface area contributed by atoms with Gasteiger partial charge in [0.15, 0.2) is 0 Å². The van der Waals surface area contributed by atoms with Gasteiger partial charge in [0.2, 0.25) is 17.7 Å². The van der Waals surface area contributed by atoms with Gasteiger partial charge in [-0.3, -0.25) is 14.4 Å². The summed E-state index contributed by atoms with van der Waals surface area (Å²) in [7, 11) is 1.56. The molecule has 0 aromatic carbocycles. The maximum Gasteiger partial charge on any atom is 0.246 e. The van der Waals surface area contributed by atoms with Crippen LogP contribution in [0.25, 0.3) is 0 Å². The number of nitrogens with two attached hydrogens (primary N) is 1. The van der Waals surface area contributed by atoms with Crippen molar-refractivity contribution in [3.8, 4) is 0 Å². The Morgan fingerprint density at radius 1 is 1.23 bits per heavy atom. The number of halogens is 1. The van der Waals surface area contributed by atoms with Gasteiger partial charge in [-0.25, -0.2) is 0 Å². The number of carbonyl (C=O) groups is 3. The first kappa shape index (κ1) is 20.7. The van der Waals surface area contributed by atoms with Gasteiger partial charge in [0.25, 0.3) is 0 Å². The van der Waals surface area contributed by atoms with Gasteiger partial charge < -0.3 is 21.3 Å². The quantitative estimate of drug-likeness (QED) is 0.638. The van der Waals surface area contributed by atoms with Gasteiger partial charge >= 0.3 is 0 Å². The van der Waals surface area contributed by atoms with Crippen LogP contribution in [0.15, 0.2) is 0 Å². The van der Waals surface area contributed by atoms with Crippen LogP contribution in [-0.2, 0) is 14.4 Å². The third-order valence-corrected chi connectivity index (χ3v) is 3.73. The third kappa shape index (κ3) is 4.84. The molecule has 1 fully saturated rings. The number of amides is 3. The topological polar surface area (TPSA) is 105 Å². The lowest BCUT2D eigenvalue weighted by molar-refractivity contribution is -0.142. The largest absolute Gasteiger partial charge is 0.357 e. The summed E-state index contributed by atoms with van der Waals surface area (Å²) >= 11 is 0. The van der Waals surface area contributed by atoms with Crippen molar-refractivity contribution in [3.63, 3.8) is 0 Å². The Labute approximate surface area is 137 Å². The zero-order chi connectivity index (χ0) is 16.2. The molecule has 0 spiro atoms. The molecule has 7 nitrogen and oxygen atoms in total. The van der Waals surface area contributed by atoms with E-state index in [0.29, 0.717) is 13.0 Å². The molecule has 1 aliphatic rings. The number of hydrogen-bond donors (Lipinski definition) is 3. The zero-order valence-corrected chi connectivity index (χ0v) is 14.4. The van der Waals surface area contributed by atoms with E-state index >= 15 is 0 Å². The molecule has 1 saturated heterocycles. The van der Waals surface area contributed by atoms with Crippen LogP contribution >= 0.6 is 12.4 Å². The van der Waals surface area contributed by atoms with Crippen molar-refractivity contribution >= 4 is 30.1 Å². The van der Waals surface area contributed by atoms with Crippen LogP contribution in [0.1, 0.15) is 33.6 Å². The van der Waals surface area contributed by atoms with Gasteiger partial charge in [0.05, 0.1) is 6.04 Å². The van der Waals surface area contributed by atoms with Crippen LogP contribution in [0.5, 0.6) is 0 Å². The number of likely N-dealkylation sites (tertiary alicyclic amines) is 1. The van der Waals surface area contributed by atoms with E-state index in [4.69, 9.17) is 5.73 Å². The first-order chi connectivity index (χ1) is 9.79. The second-order valence-electron chi connectivity index (χ2n) is 5.82. The van der Waals surface area contributed by atoms with Crippen LogP contribution in [-0.4, -0.2) is 54.3 Å². The summed E-state index contributed by atoms with van der Waals surface area (Å²) in [5.74, 6) is -0.823. The van der Waals surface area contributed by atoms with Crippen molar-refractivity contribution in [2.45, 2.75) is 51.7 Å². The summed E-state index contributed by atoms with van der Waals surface area (Å²) < 4.78 is 0. The van der Waals surface area contributed by atoms with Gasteiger partial charge in [0, 0.05) is 13.6 Å². The van der Waals surface area contributed by atoms with Gasteiger partial charge in [0.1, 0.15) is 12.1 Å². The smallest absolute Gasteiger partial charge is 0.246 e. The highest BCUT2D eigenvalue weighted by Gasteiger charge is 2.38. The van der Waals surface area contributed by atoms with E-state index in [1.807, 2.05) is 13.8 Å². The summed E-state index contributed by atoms with van der Waals surface area (Å²) in [6.45, 7) is 5.82. The Morgan fingerprint density at radius 3 is 2.27 bits per heavy atom. The van der Waals surface area contributed by atoms with Crippen molar-refractivity contribution < 1.29 is 14.4 Å². The highest BCUT2D eigenvalue weighted by atomic mass is 35.5. The summed E-state index contributed by atoms with van der Waals surface area (Å²) in [6, 6.07) is -1.78. The first-order valence-corrected chi connectivity index (χ1v) is 7.37. The average molecular weight is 335 g/mol. The van der Waals surface area contributed by atoms with Crippen LogP contribution in [0.4, 0.5) is 0 Å². The van der Waals surface area contributed by atoms with E-state index in [1.54, 1.807) is 18.9 Å². The number of rotatable bonds is 5. The predicted molar refractivity (Wildman–Crippen MR) is 86.5 cm³/mol. The van der Waals surface area contributed by atoms with Gasteiger partial charge in [-0.1, -0.05) is 13.8 Å². The van der Waals surface area contributed by atoms with Crippen LogP contribution < -0.4 is 16.4 Å². The fourth-order valence-electron chi connectivity index (χ4n) is 2.45. The van der Waals surface area contributed by atoms with Crippen molar-refractivity contribution in [1.82, 2.24) is 15.5 Å². The molecule has 1 rings (SSSR count). The maximum atomic E-state index is 12.7. The molecule has 0 aromatic heterocycles. The third-order valence-electron chi connectivity index (χ3n) is 3.73. The minimum atomic E-state index is -0.674. The molecule has 22 heavy (non-hydrogen) atoms. The molecule has 0 radical (unpaired) electrons. The molecule has 3 atom stereocenters. The Hall–Kier alpha value is -1.34. The SMILES string of the molecule is CNC(=O)[C@@H]1CCCN1C(=O)[C@@H](NC(=O)[C@H](C)N)C(C)C.Cl. The number of likely N-dealkylation sites (N-methyl/N-ethyl adjacent to an activating group) is 1. The Morgan fingerprint density at radius 2 is 1.82 bits per heavy atom. The predicted octanol–water partition coefficient (Wildman–Crippen LogP) is -0.367. The van der Waals surface area contributed by atoms with Crippen molar-refractivity contribution in [2.75, 3.05) is 13.6 Å². The fraction of sp³-hybridized carbons (Fsp3) is 0.786. The number of nitrogens with zero attached hydrogens (tertiary/aromatic N) is 1. The van der Waals surface area contributed by atoms with E-state index in [9.17, 15) is 14.4 Å². The Bertz CT molecular complexity index is 415. The molecule has 0 aromatic rings. The molecule has 0 unspecified atom stereocenters. The molecule has 0 aliphatic carbocycles. The highest BCUT2D eigenvalue weighted by molar-refractivity contribution is 5.93. The van der Waals surface area contributed by atoms with Crippen LogP contribution in [0.3, 0.4) is 0 Å². The van der Waals surface area contributed by atoms with Crippen molar-refractivity contribution in [1.29, 1.82) is 0 Å². The first-order valence-electron chi connectivity index (χ1n) is 7.37. The average Bonchev–Trinajstić information content (AvgIpc) is 2.91. The second-order valence-corrected chi connectivity index (χ2v) is 5.82. The van der Waals surface area contributed by atoms with E-state index in [1.165, 1.54) is 0 Å². The molecular weight excluding hydrogens is 308 g/mol. The number of hydrogen-bond acceptors (Lipinski definition) is 4. The standard InChI is InChI=1S/C14H26N4O3.ClH/c1-8(2)11(17-12(19)9(3)15)14(21)18-7-5-6-10(18)13(20)16-4;/h8-11H,5-7,15H2,1-4H3,(H,16,20)(H,17,19);1H/t9-,10-,11-;/m0./s1. The molecule has 3 amide bonds. The van der Waals surface area contributed by atoms with Gasteiger partial charge in [-0.05, 0) is 25.7 Å². The van der Waals surface area contributed by atoms with E-state index in [-0.39, 0.29) is 36.0 Å². The van der Waals surface area contributed by atoms with Gasteiger partial charge in [-0.2, -0.15) is 0 Å². The van der Waals surface area contributed by atoms with E-state index in [0.717, 1.165) is 6.42 Å². The summed E-state index contributed by atoms with van der Waals surface area (Å²) in [4.78, 5) is 37.8. The van der Waals surface area contributed by atoms with Crippen LogP contribution in [0, 0.1) is 5.92 Å². The van der Waals surface area contributed by atoms with E-state index in [2.05, 4.69) is 10.6 Å². The minimum absolute atomic E-state index is 0. The summed E-state index contributed by atoms with van der Waals surface area (Å²) in [6.07, 6.45) is 1.44. The molecule has 0 saturated carbocycles. The molecule has 0 bridgehead atoms. The second kappa shape index (κ2) is 8.95. The molecule has 8 heteroatoms. The van der Waals surface area contributed by atoms with Crippen LogP contribution in [0.2, 0.25) is 0 Å². The lowest BCUT2D eigenvalue weighted by Crippen LogP contribution is -2.56. The number of carbonyl (C=O) groups excluding carboxylic acids is 3. The minimum Gasteiger partial charge on any atom is -0.357 e. The van der Waals surface area contributed by atoms with Crippen molar-refractivity contribution in [2.24, 2.45) is 11.7 Å². The zero-order valence-electron chi connectivity index (χ0n) is 13.6. The molecule has 1 aliphatic heterocycles. The highest BCUT2D eigenvalue weighted by Crippen LogP contribution is 2.20. The number of nitrogens with one attached hydrogen (secondary N) is 2. The monoisotopic (exact) mass is 334 g/mol. The van der Waals surface area contributed by atoms with E-state index < -0.39 is 18.1 Å². The summed E-state index contributed by atoms with van der Waals surface area (Å²) in [5.41, 5.74) is 5.53. The maximum absolute atomic E-state index is 12.7. The Kier molecular flexibility index (Phi) is 8.40. The molecular formula is C14H27ClN4O3. The summed E-state index contributed by atoms with van der Waals surface area (Å²) in [5, 5.41) is 5.26. The normalized spacial score (nSPS) is 20.1. The van der Waals surface area contributed by atoms with Gasteiger partial charge in [-0.15, -0.1) is 12.4 Å². The fourth-order valence-corrected chi connectivity index (χ4v) is 2.45. The molecule has 128 valence electrons. The lowest BCUT2D eigenvalue weighted by Gasteiger charge is -2.30. The lowest BCUT2D eigenvalue weighted by atomic mass is 10.0. The molecule has 1 heterocycles.